The van der Waals surface area contributed by atoms with Gasteiger partial charge in [-0.15, -0.1) is 12.4 Å². The second kappa shape index (κ2) is 8.73. The highest BCUT2D eigenvalue weighted by molar-refractivity contribution is 5.85. The number of nitrogens with two attached hydrogens (primary N) is 1. The zero-order valence-electron chi connectivity index (χ0n) is 14.5. The molecule has 6 nitrogen and oxygen atoms in total. The van der Waals surface area contributed by atoms with E-state index in [4.69, 9.17) is 15.2 Å². The fraction of sp³-hybridized carbons (Fsp3) is 0.588. The number of amides is 1. The van der Waals surface area contributed by atoms with Crippen molar-refractivity contribution in [2.45, 2.75) is 44.9 Å². The summed E-state index contributed by atoms with van der Waals surface area (Å²) < 4.78 is 40.4. The zero-order chi connectivity index (χ0) is 18.0. The van der Waals surface area contributed by atoms with Gasteiger partial charge in [-0.2, -0.15) is 8.78 Å². The normalized spacial score (nSPS) is 20.8. The number of nitrogens with zero attached hydrogens (tertiary/aromatic N) is 1. The van der Waals surface area contributed by atoms with Crippen LogP contribution in [-0.4, -0.2) is 37.3 Å². The highest BCUT2D eigenvalue weighted by Crippen LogP contribution is 2.39. The largest absolute Gasteiger partial charge is 0.454 e. The summed E-state index contributed by atoms with van der Waals surface area (Å²) in [6.45, 7) is -2.79. The maximum absolute atomic E-state index is 12.7. The molecule has 1 aromatic rings. The Morgan fingerprint density at radius 1 is 1.35 bits per heavy atom. The molecule has 2 atom stereocenters. The summed E-state index contributed by atoms with van der Waals surface area (Å²) in [6, 6.07) is 3.00. The Morgan fingerprint density at radius 2 is 2.04 bits per heavy atom. The van der Waals surface area contributed by atoms with Crippen molar-refractivity contribution in [3.63, 3.8) is 0 Å². The summed E-state index contributed by atoms with van der Waals surface area (Å²) in [4.78, 5) is 13.9. The second-order valence-corrected chi connectivity index (χ2v) is 6.50. The van der Waals surface area contributed by atoms with Gasteiger partial charge in [0, 0.05) is 37.7 Å². The molecule has 1 aliphatic carbocycles. The first kappa shape index (κ1) is 20.5. The maximum Gasteiger partial charge on any atom is 0.387 e. The van der Waals surface area contributed by atoms with Crippen LogP contribution in [0.1, 0.15) is 31.2 Å². The lowest BCUT2D eigenvalue weighted by Crippen LogP contribution is -2.32. The molecule has 9 heteroatoms. The molecule has 0 radical (unpaired) electrons. The highest BCUT2D eigenvalue weighted by Gasteiger charge is 2.28. The fourth-order valence-corrected chi connectivity index (χ4v) is 3.34. The molecule has 1 heterocycles. The van der Waals surface area contributed by atoms with Gasteiger partial charge in [-0.1, -0.05) is 6.42 Å². The number of rotatable bonds is 6. The Balaban J connectivity index is 0.00000243. The third-order valence-electron chi connectivity index (χ3n) is 4.76. The van der Waals surface area contributed by atoms with Gasteiger partial charge < -0.3 is 24.8 Å². The van der Waals surface area contributed by atoms with Gasteiger partial charge in [-0.25, -0.2) is 0 Å². The van der Waals surface area contributed by atoms with Gasteiger partial charge in [0.05, 0.1) is 0 Å². The van der Waals surface area contributed by atoms with Crippen LogP contribution in [-0.2, 0) is 11.3 Å². The van der Waals surface area contributed by atoms with Crippen molar-refractivity contribution in [1.29, 1.82) is 0 Å². The average molecular weight is 393 g/mol. The van der Waals surface area contributed by atoms with Crippen molar-refractivity contribution in [3.8, 4) is 17.2 Å². The van der Waals surface area contributed by atoms with Crippen LogP contribution in [0.5, 0.6) is 17.2 Å². The highest BCUT2D eigenvalue weighted by atomic mass is 35.5. The first-order valence-corrected chi connectivity index (χ1v) is 8.31. The van der Waals surface area contributed by atoms with Crippen LogP contribution < -0.4 is 19.9 Å². The van der Waals surface area contributed by atoms with E-state index in [2.05, 4.69) is 4.74 Å². The molecule has 1 aliphatic heterocycles. The summed E-state index contributed by atoms with van der Waals surface area (Å²) in [5.41, 5.74) is 6.46. The standard InChI is InChI=1S/C17H22F2N2O4.ClH/c1-21(16(22)6-10-3-2-4-12(10)20)8-11-5-14-15(24-9-23-14)7-13(11)25-17(18)19;/h5,7,10,12,17H,2-4,6,8-9,20H2,1H3;1H/t10-,12+;/m0./s1. The molecule has 0 spiro atoms. The Bertz CT molecular complexity index is 647. The van der Waals surface area contributed by atoms with E-state index in [1.54, 1.807) is 13.1 Å². The minimum absolute atomic E-state index is 0. The van der Waals surface area contributed by atoms with E-state index in [1.165, 1.54) is 11.0 Å². The summed E-state index contributed by atoms with van der Waals surface area (Å²) in [6.07, 6.45) is 3.30. The van der Waals surface area contributed by atoms with E-state index >= 15 is 0 Å². The lowest BCUT2D eigenvalue weighted by Gasteiger charge is -2.22. The molecule has 2 N–H and O–H groups in total. The molecule has 0 unspecified atom stereocenters. The molecule has 0 aromatic heterocycles. The summed E-state index contributed by atoms with van der Waals surface area (Å²) in [7, 11) is 1.64. The van der Waals surface area contributed by atoms with Crippen molar-refractivity contribution in [2.24, 2.45) is 11.7 Å². The van der Waals surface area contributed by atoms with Crippen LogP contribution in [0, 0.1) is 5.92 Å². The van der Waals surface area contributed by atoms with Crippen molar-refractivity contribution >= 4 is 18.3 Å². The van der Waals surface area contributed by atoms with Gasteiger partial charge in [0.25, 0.3) is 0 Å². The van der Waals surface area contributed by atoms with E-state index in [-0.39, 0.29) is 49.4 Å². The molecular weight excluding hydrogens is 370 g/mol. The number of benzene rings is 1. The Labute approximate surface area is 157 Å². The van der Waals surface area contributed by atoms with Crippen molar-refractivity contribution < 1.29 is 27.8 Å². The summed E-state index contributed by atoms with van der Waals surface area (Å²) in [5.74, 6) is 0.906. The SMILES string of the molecule is CN(Cc1cc2c(cc1OC(F)F)OCO2)C(=O)C[C@@H]1CCC[C@H]1N.Cl. The lowest BCUT2D eigenvalue weighted by atomic mass is 9.99. The van der Waals surface area contributed by atoms with E-state index in [1.807, 2.05) is 0 Å². The third kappa shape index (κ3) is 4.67. The number of carbonyl (C=O) groups is 1. The van der Waals surface area contributed by atoms with Gasteiger partial charge in [-0.05, 0) is 24.8 Å². The number of ether oxygens (including phenoxy) is 3. The first-order chi connectivity index (χ1) is 11.9. The number of hydrogen-bond donors (Lipinski definition) is 1. The average Bonchev–Trinajstić information content (AvgIpc) is 3.16. The van der Waals surface area contributed by atoms with Crippen molar-refractivity contribution in [2.75, 3.05) is 13.8 Å². The number of fused-ring (bicyclic) bond motifs is 1. The predicted molar refractivity (Wildman–Crippen MR) is 92.9 cm³/mol. The van der Waals surface area contributed by atoms with Gasteiger partial charge in [0.15, 0.2) is 11.5 Å². The quantitative estimate of drug-likeness (QED) is 0.805. The van der Waals surface area contributed by atoms with Gasteiger partial charge in [-0.3, -0.25) is 4.79 Å². The van der Waals surface area contributed by atoms with Gasteiger partial charge >= 0.3 is 6.61 Å². The molecule has 2 aliphatic rings. The molecule has 146 valence electrons. The first-order valence-electron chi connectivity index (χ1n) is 8.31. The Hall–Kier alpha value is -1.80. The van der Waals surface area contributed by atoms with E-state index in [0.717, 1.165) is 19.3 Å². The minimum atomic E-state index is -2.96. The van der Waals surface area contributed by atoms with Gasteiger partial charge in [0.2, 0.25) is 12.7 Å². The molecular formula is C17H23ClF2N2O4. The van der Waals surface area contributed by atoms with Crippen LogP contribution in [0.15, 0.2) is 12.1 Å². The molecule has 26 heavy (non-hydrogen) atoms. The summed E-state index contributed by atoms with van der Waals surface area (Å²) in [5, 5.41) is 0. The van der Waals surface area contributed by atoms with Crippen LogP contribution >= 0.6 is 12.4 Å². The minimum Gasteiger partial charge on any atom is -0.454 e. The fourth-order valence-electron chi connectivity index (χ4n) is 3.34. The van der Waals surface area contributed by atoms with Crippen molar-refractivity contribution in [1.82, 2.24) is 4.90 Å². The predicted octanol–water partition coefficient (Wildman–Crippen LogP) is 2.91. The van der Waals surface area contributed by atoms with Crippen LogP contribution in [0.25, 0.3) is 0 Å². The second-order valence-electron chi connectivity index (χ2n) is 6.50. The molecule has 1 fully saturated rings. The van der Waals surface area contributed by atoms with Crippen LogP contribution in [0.4, 0.5) is 8.78 Å². The van der Waals surface area contributed by atoms with Crippen molar-refractivity contribution in [3.05, 3.63) is 17.7 Å². The molecule has 1 aromatic carbocycles. The van der Waals surface area contributed by atoms with E-state index in [0.29, 0.717) is 23.5 Å². The Kier molecular flexibility index (Phi) is 6.88. The number of hydrogen-bond acceptors (Lipinski definition) is 5. The van der Waals surface area contributed by atoms with Gasteiger partial charge in [0.1, 0.15) is 5.75 Å². The topological polar surface area (TPSA) is 74.0 Å². The monoisotopic (exact) mass is 392 g/mol. The number of halogens is 3. The molecule has 0 saturated heterocycles. The van der Waals surface area contributed by atoms with Crippen LogP contribution in [0.2, 0.25) is 0 Å². The molecule has 1 amide bonds. The number of carbonyl (C=O) groups excluding carboxylic acids is 1. The smallest absolute Gasteiger partial charge is 0.387 e. The van der Waals surface area contributed by atoms with E-state index < -0.39 is 6.61 Å². The molecule has 1 saturated carbocycles. The number of alkyl halides is 2. The summed E-state index contributed by atoms with van der Waals surface area (Å²) >= 11 is 0. The molecule has 0 bridgehead atoms. The zero-order valence-corrected chi connectivity index (χ0v) is 15.3. The lowest BCUT2D eigenvalue weighted by molar-refractivity contribution is -0.131. The third-order valence-corrected chi connectivity index (χ3v) is 4.76. The Morgan fingerprint density at radius 3 is 2.65 bits per heavy atom. The van der Waals surface area contributed by atoms with Crippen LogP contribution in [0.3, 0.4) is 0 Å². The van der Waals surface area contributed by atoms with E-state index in [9.17, 15) is 13.6 Å². The molecule has 3 rings (SSSR count). The maximum atomic E-state index is 12.7.